The van der Waals surface area contributed by atoms with Crippen LogP contribution < -0.4 is 4.90 Å². The Morgan fingerprint density at radius 1 is 0.889 bits per heavy atom. The highest BCUT2D eigenvalue weighted by Gasteiger charge is 2.61. The zero-order valence-electron chi connectivity index (χ0n) is 28.1. The zero-order valence-corrected chi connectivity index (χ0v) is 21.7. The van der Waals surface area contributed by atoms with Crippen molar-refractivity contribution >= 4 is 51.7 Å². The maximum atomic E-state index is 13.4. The van der Waals surface area contributed by atoms with Gasteiger partial charge in [-0.2, -0.15) is 4.37 Å². The summed E-state index contributed by atoms with van der Waals surface area (Å²) in [5, 5.41) is 0.422. The van der Waals surface area contributed by atoms with E-state index in [9.17, 15) is 9.59 Å². The van der Waals surface area contributed by atoms with Crippen LogP contribution in [0.1, 0.15) is 55.9 Å². The first-order valence-corrected chi connectivity index (χ1v) is 13.7. The summed E-state index contributed by atoms with van der Waals surface area (Å²) >= 11 is 1.02. The topological polar surface area (TPSA) is 56.8 Å². The lowest BCUT2D eigenvalue weighted by Crippen LogP contribution is -2.49. The van der Waals surface area contributed by atoms with Crippen LogP contribution in [-0.2, 0) is 9.59 Å². The first kappa shape index (κ1) is 17.0. The van der Waals surface area contributed by atoms with Crippen molar-refractivity contribution in [3.63, 3.8) is 0 Å². The number of carbonyl (C=O) groups excluding carboxylic acids is 2. The van der Waals surface area contributed by atoms with Crippen LogP contribution in [0, 0.1) is 35.5 Å². The molecule has 2 aromatic rings. The van der Waals surface area contributed by atoms with Crippen molar-refractivity contribution in [3.8, 4) is 0 Å². The van der Waals surface area contributed by atoms with Crippen molar-refractivity contribution in [1.29, 1.82) is 0 Å². The van der Waals surface area contributed by atoms with Crippen LogP contribution >= 0.6 is 23.9 Å². The van der Waals surface area contributed by atoms with Gasteiger partial charge in [-0.05, 0) is 79.4 Å². The third-order valence-electron chi connectivity index (χ3n) is 9.08. The number of hydrogen-bond acceptors (Lipinski definition) is 6. The fourth-order valence-corrected chi connectivity index (χ4v) is 8.15. The number of imide groups is 1. The SMILES string of the molecule is Cl.[2H]C1([2H])N(C[C@H]2CCCC[C@@H]2CN2C(=O)[C@@H]3[C@H]4CC[C@H](C4)[C@@H]3C2=O)C([2H])([2H])C([2H])([2H])N(c2nsc3ccccc23)C1([2H])[2H]. The predicted octanol–water partition coefficient (Wildman–Crippen LogP) is 4.68. The van der Waals surface area contributed by atoms with E-state index in [1.165, 1.54) is 4.90 Å². The third-order valence-corrected chi connectivity index (χ3v) is 9.90. The standard InChI is InChI=1S/C28H36N4O2S.ClH/c33-27-24-18-9-10-19(15-18)25(24)28(34)32(27)17-21-6-2-1-5-20(21)16-30-11-13-31(14-12-30)26-22-7-3-4-8-23(22)35-29-26;/h3-4,7-8,18-21,24-25H,1-2,5-6,9-17H2;1H/t18-,19+,20-,21-,24+,25-;/m1./s1/i11D2,12D2,13D2,14D2;. The fourth-order valence-electron chi connectivity index (χ4n) is 7.39. The summed E-state index contributed by atoms with van der Waals surface area (Å²) in [4.78, 5) is 29.6. The smallest absolute Gasteiger partial charge is 0.233 e. The van der Waals surface area contributed by atoms with Crippen LogP contribution in [0.5, 0.6) is 0 Å². The van der Waals surface area contributed by atoms with Gasteiger partial charge in [0.15, 0.2) is 0 Å². The summed E-state index contributed by atoms with van der Waals surface area (Å²) in [7, 11) is 0. The molecule has 1 aromatic carbocycles. The lowest BCUT2D eigenvalue weighted by Gasteiger charge is -2.40. The molecule has 8 heteroatoms. The Kier molecular flexibility index (Phi) is 4.67. The number of nitrogens with zero attached hydrogens (tertiary/aromatic N) is 4. The number of benzene rings is 1. The van der Waals surface area contributed by atoms with E-state index in [1.807, 2.05) is 0 Å². The molecule has 0 spiro atoms. The van der Waals surface area contributed by atoms with Gasteiger partial charge >= 0.3 is 0 Å². The molecule has 2 bridgehead atoms. The van der Waals surface area contributed by atoms with Crippen molar-refractivity contribution in [2.75, 3.05) is 44.0 Å². The van der Waals surface area contributed by atoms with Crippen molar-refractivity contribution in [1.82, 2.24) is 14.2 Å². The lowest BCUT2D eigenvalue weighted by molar-refractivity contribution is -0.142. The van der Waals surface area contributed by atoms with Crippen LogP contribution in [0.2, 0.25) is 0 Å². The molecule has 0 radical (unpaired) electrons. The van der Waals surface area contributed by atoms with Gasteiger partial charge in [0.2, 0.25) is 11.8 Å². The lowest BCUT2D eigenvalue weighted by atomic mass is 9.78. The summed E-state index contributed by atoms with van der Waals surface area (Å²) in [6.45, 7) is -12.0. The van der Waals surface area contributed by atoms with Gasteiger partial charge in [-0.25, -0.2) is 0 Å². The van der Waals surface area contributed by atoms with E-state index < -0.39 is 26.0 Å². The van der Waals surface area contributed by atoms with Gasteiger partial charge in [0, 0.05) is 49.9 Å². The molecule has 6 nitrogen and oxygen atoms in total. The van der Waals surface area contributed by atoms with Crippen LogP contribution in [0.15, 0.2) is 24.3 Å². The molecule has 36 heavy (non-hydrogen) atoms. The second-order valence-electron chi connectivity index (χ2n) is 10.9. The third kappa shape index (κ3) is 4.06. The quantitative estimate of drug-likeness (QED) is 0.519. The molecule has 0 N–H and O–H groups in total. The Labute approximate surface area is 235 Å². The Morgan fingerprint density at radius 2 is 1.53 bits per heavy atom. The maximum absolute atomic E-state index is 13.4. The maximum Gasteiger partial charge on any atom is 0.233 e. The van der Waals surface area contributed by atoms with Crippen molar-refractivity contribution in [2.45, 2.75) is 44.9 Å². The van der Waals surface area contributed by atoms with Crippen LogP contribution in [0.4, 0.5) is 5.82 Å². The number of fused-ring (bicyclic) bond motifs is 6. The zero-order chi connectivity index (χ0) is 30.7. The highest BCUT2D eigenvalue weighted by Crippen LogP contribution is 2.56. The average Bonchev–Trinajstić information content (AvgIpc) is 3.72. The molecular formula is C28H37ClN4O2S. The van der Waals surface area contributed by atoms with E-state index in [1.54, 1.807) is 24.3 Å². The molecule has 6 atom stereocenters. The Bertz CT molecular complexity index is 1420. The predicted molar refractivity (Wildman–Crippen MR) is 145 cm³/mol. The molecule has 2 saturated heterocycles. The normalized spacial score (nSPS) is 43.3. The van der Waals surface area contributed by atoms with Crippen molar-refractivity contribution in [2.24, 2.45) is 35.5 Å². The number of rotatable bonds is 5. The molecular weight excluding hydrogens is 492 g/mol. The fraction of sp³-hybridized carbons (Fsp3) is 0.679. The molecule has 194 valence electrons. The number of halogens is 1. The minimum atomic E-state index is -3.00. The number of carbonyl (C=O) groups is 2. The average molecular weight is 537 g/mol. The summed E-state index contributed by atoms with van der Waals surface area (Å²) < 4.78 is 76.7. The van der Waals surface area contributed by atoms with Gasteiger partial charge < -0.3 is 4.90 Å². The Morgan fingerprint density at radius 3 is 2.22 bits per heavy atom. The van der Waals surface area contributed by atoms with E-state index >= 15 is 0 Å². The molecule has 2 aliphatic heterocycles. The van der Waals surface area contributed by atoms with Crippen LogP contribution in [-0.4, -0.2) is 65.1 Å². The number of aromatic nitrogens is 1. The minimum Gasteiger partial charge on any atom is -0.353 e. The van der Waals surface area contributed by atoms with E-state index in [-0.39, 0.29) is 78.6 Å². The summed E-state index contributed by atoms with van der Waals surface area (Å²) in [5.41, 5.74) is 0. The summed E-state index contributed by atoms with van der Waals surface area (Å²) in [5.74, 6) is -0.817. The van der Waals surface area contributed by atoms with E-state index in [0.29, 0.717) is 27.8 Å². The highest BCUT2D eigenvalue weighted by atomic mass is 35.5. The molecule has 7 rings (SSSR count). The molecule has 5 fully saturated rings. The second-order valence-corrected chi connectivity index (χ2v) is 11.7. The van der Waals surface area contributed by atoms with E-state index in [4.69, 9.17) is 11.0 Å². The first-order chi connectivity index (χ1) is 20.2. The highest BCUT2D eigenvalue weighted by molar-refractivity contribution is 7.13. The monoisotopic (exact) mass is 536 g/mol. The summed E-state index contributed by atoms with van der Waals surface area (Å²) in [6.07, 6.45) is 5.86. The van der Waals surface area contributed by atoms with Crippen LogP contribution in [0.25, 0.3) is 10.1 Å². The summed E-state index contributed by atoms with van der Waals surface area (Å²) in [6, 6.07) is 6.86. The second kappa shape index (κ2) is 9.88. The first-order valence-electron chi connectivity index (χ1n) is 17.0. The van der Waals surface area contributed by atoms with Gasteiger partial charge in [0.25, 0.3) is 0 Å². The van der Waals surface area contributed by atoms with Gasteiger partial charge in [0.05, 0.1) is 22.0 Å². The number of anilines is 1. The van der Waals surface area contributed by atoms with Gasteiger partial charge in [0.1, 0.15) is 5.82 Å². The Balaban J connectivity index is 0.00000343. The molecule has 3 heterocycles. The van der Waals surface area contributed by atoms with Crippen LogP contribution in [0.3, 0.4) is 0 Å². The van der Waals surface area contributed by atoms with Gasteiger partial charge in [-0.1, -0.05) is 25.0 Å². The molecule has 3 aliphatic carbocycles. The number of likely N-dealkylation sites (tertiary alicyclic amines) is 1. The van der Waals surface area contributed by atoms with Crippen molar-refractivity contribution in [3.05, 3.63) is 24.3 Å². The minimum absolute atomic E-state index is 0. The molecule has 2 amide bonds. The molecule has 5 aliphatic rings. The van der Waals surface area contributed by atoms with E-state index in [2.05, 4.69) is 4.37 Å². The van der Waals surface area contributed by atoms with Gasteiger partial charge in [-0.3, -0.25) is 19.4 Å². The number of piperazine rings is 1. The Hall–Kier alpha value is -1.70. The van der Waals surface area contributed by atoms with Crippen molar-refractivity contribution < 1.29 is 20.6 Å². The van der Waals surface area contributed by atoms with Gasteiger partial charge in [-0.15, -0.1) is 12.4 Å². The largest absolute Gasteiger partial charge is 0.353 e. The molecule has 1 aromatic heterocycles. The number of hydrogen-bond donors (Lipinski definition) is 0. The van der Waals surface area contributed by atoms with E-state index in [0.717, 1.165) is 48.5 Å². The molecule has 3 saturated carbocycles. The number of amides is 2. The molecule has 0 unspecified atom stereocenters.